The quantitative estimate of drug-likeness (QED) is 0.323. The number of urea groups is 1. The Labute approximate surface area is 230 Å². The minimum atomic E-state index is -0.449. The number of carbonyl (C=O) groups is 2. The number of amides is 3. The summed E-state index contributed by atoms with van der Waals surface area (Å²) in [5.74, 6) is 0.767. The molecule has 2 aliphatic carbocycles. The van der Waals surface area contributed by atoms with Crippen LogP contribution in [-0.2, 0) is 6.54 Å². The van der Waals surface area contributed by atoms with Crippen LogP contribution >= 0.6 is 0 Å². The summed E-state index contributed by atoms with van der Waals surface area (Å²) in [5, 5.41) is 15.9. The topological polar surface area (TPSA) is 90.9 Å². The zero-order chi connectivity index (χ0) is 27.0. The Morgan fingerprint density at radius 1 is 0.872 bits per heavy atom. The van der Waals surface area contributed by atoms with Crippen LogP contribution in [0.5, 0.6) is 5.75 Å². The Morgan fingerprint density at radius 2 is 1.54 bits per heavy atom. The van der Waals surface area contributed by atoms with E-state index < -0.39 is 6.04 Å². The van der Waals surface area contributed by atoms with Crippen LogP contribution in [0.2, 0.25) is 0 Å². The molecule has 3 aromatic carbocycles. The number of hydrogen-bond acceptors (Lipinski definition) is 4. The van der Waals surface area contributed by atoms with E-state index in [1.807, 2.05) is 53.4 Å². The van der Waals surface area contributed by atoms with Gasteiger partial charge >= 0.3 is 12.1 Å². The summed E-state index contributed by atoms with van der Waals surface area (Å²) in [6.07, 6.45) is 5.80. The average Bonchev–Trinajstić information content (AvgIpc) is 3.82. The number of rotatable bonds is 9. The van der Waals surface area contributed by atoms with Crippen LogP contribution in [0.15, 0.2) is 84.9 Å². The molecule has 0 aliphatic heterocycles. The molecule has 0 bridgehead atoms. The zero-order valence-corrected chi connectivity index (χ0v) is 22.2. The SMILES string of the molecule is O=C(N[C@@H](CO)c1ccccc1)N[C@H]1CCCC[C@@H]1c1ccc(CN(C(=O)Oc2ccccc2)C2CC2)cc1. The van der Waals surface area contributed by atoms with Gasteiger partial charge in [0.05, 0.1) is 12.6 Å². The molecule has 2 aliphatic rings. The number of aliphatic hydroxyl groups excluding tert-OH is 1. The Hall–Kier alpha value is -3.84. The first-order chi connectivity index (χ1) is 19.1. The second-order valence-electron chi connectivity index (χ2n) is 10.5. The predicted octanol–water partition coefficient (Wildman–Crippen LogP) is 5.91. The minimum Gasteiger partial charge on any atom is -0.410 e. The minimum absolute atomic E-state index is 0.0172. The van der Waals surface area contributed by atoms with Gasteiger partial charge in [-0.25, -0.2) is 9.59 Å². The fraction of sp³-hybridized carbons (Fsp3) is 0.375. The molecule has 39 heavy (non-hydrogen) atoms. The Bertz CT molecular complexity index is 1220. The summed E-state index contributed by atoms with van der Waals surface area (Å²) in [5.41, 5.74) is 3.12. The molecule has 2 fully saturated rings. The third kappa shape index (κ3) is 7.18. The molecule has 3 amide bonds. The number of nitrogens with one attached hydrogen (secondary N) is 2. The van der Waals surface area contributed by atoms with E-state index in [0.717, 1.165) is 49.7 Å². The number of carbonyl (C=O) groups excluding carboxylic acids is 2. The molecule has 7 nitrogen and oxygen atoms in total. The van der Waals surface area contributed by atoms with E-state index >= 15 is 0 Å². The third-order valence-corrected chi connectivity index (χ3v) is 7.70. The van der Waals surface area contributed by atoms with Crippen LogP contribution in [0, 0.1) is 0 Å². The molecule has 0 unspecified atom stereocenters. The highest BCUT2D eigenvalue weighted by Gasteiger charge is 2.34. The Morgan fingerprint density at radius 3 is 2.21 bits per heavy atom. The fourth-order valence-electron chi connectivity index (χ4n) is 5.43. The number of nitrogens with zero attached hydrogens (tertiary/aromatic N) is 1. The van der Waals surface area contributed by atoms with Crippen molar-refractivity contribution in [3.8, 4) is 5.75 Å². The molecule has 3 aromatic rings. The van der Waals surface area contributed by atoms with Crippen LogP contribution in [0.25, 0.3) is 0 Å². The zero-order valence-electron chi connectivity index (χ0n) is 22.2. The van der Waals surface area contributed by atoms with E-state index in [0.29, 0.717) is 12.3 Å². The van der Waals surface area contributed by atoms with Gasteiger partial charge < -0.3 is 25.4 Å². The number of hydrogen-bond donors (Lipinski definition) is 3. The second kappa shape index (κ2) is 12.8. The van der Waals surface area contributed by atoms with Crippen LogP contribution in [0.4, 0.5) is 9.59 Å². The standard InChI is InChI=1S/C32H37N3O4/c36-22-30(25-9-3-1-4-10-25)34-31(37)33-29-14-8-7-13-28(29)24-17-15-23(16-18-24)21-35(26-19-20-26)32(38)39-27-11-5-2-6-12-27/h1-6,9-12,15-18,26,28-30,36H,7-8,13-14,19-22H2,(H2,33,34,37)/t28-,29+,30+/m1/s1. The molecule has 0 radical (unpaired) electrons. The van der Waals surface area contributed by atoms with E-state index in [1.165, 1.54) is 5.56 Å². The number of para-hydroxylation sites is 1. The van der Waals surface area contributed by atoms with Gasteiger partial charge in [-0.2, -0.15) is 0 Å². The van der Waals surface area contributed by atoms with E-state index in [9.17, 15) is 14.7 Å². The van der Waals surface area contributed by atoms with Gasteiger partial charge in [0.1, 0.15) is 5.75 Å². The largest absolute Gasteiger partial charge is 0.415 e. The molecule has 7 heteroatoms. The van der Waals surface area contributed by atoms with Crippen molar-refractivity contribution >= 4 is 12.1 Å². The van der Waals surface area contributed by atoms with Gasteiger partial charge in [-0.15, -0.1) is 0 Å². The maximum absolute atomic E-state index is 12.9. The third-order valence-electron chi connectivity index (χ3n) is 7.70. The summed E-state index contributed by atoms with van der Waals surface area (Å²) in [6, 6.07) is 26.7. The van der Waals surface area contributed by atoms with Crippen LogP contribution < -0.4 is 15.4 Å². The highest BCUT2D eigenvalue weighted by Crippen LogP contribution is 2.34. The lowest BCUT2D eigenvalue weighted by atomic mass is 9.80. The molecule has 0 heterocycles. The molecule has 204 valence electrons. The van der Waals surface area contributed by atoms with E-state index in [2.05, 4.69) is 34.9 Å². The Balaban J connectivity index is 1.20. The summed E-state index contributed by atoms with van der Waals surface area (Å²) >= 11 is 0. The first-order valence-electron chi connectivity index (χ1n) is 14.0. The van der Waals surface area contributed by atoms with Crippen molar-refractivity contribution in [2.24, 2.45) is 0 Å². The van der Waals surface area contributed by atoms with Gasteiger partial charge in [0, 0.05) is 24.5 Å². The van der Waals surface area contributed by atoms with Crippen molar-refractivity contribution < 1.29 is 19.4 Å². The first-order valence-corrected chi connectivity index (χ1v) is 14.0. The molecular formula is C32H37N3O4. The van der Waals surface area contributed by atoms with Crippen molar-refractivity contribution in [3.63, 3.8) is 0 Å². The molecule has 0 spiro atoms. The Kier molecular flexibility index (Phi) is 8.78. The molecule has 3 atom stereocenters. The normalized spacial score (nSPS) is 19.5. The van der Waals surface area contributed by atoms with Gasteiger partial charge in [0.25, 0.3) is 0 Å². The van der Waals surface area contributed by atoms with Gasteiger partial charge in [-0.05, 0) is 54.5 Å². The van der Waals surface area contributed by atoms with E-state index in [1.54, 1.807) is 12.1 Å². The molecule has 2 saturated carbocycles. The van der Waals surface area contributed by atoms with Crippen molar-refractivity contribution in [1.82, 2.24) is 15.5 Å². The summed E-state index contributed by atoms with van der Waals surface area (Å²) in [6.45, 7) is 0.344. The van der Waals surface area contributed by atoms with E-state index in [-0.39, 0.29) is 36.7 Å². The van der Waals surface area contributed by atoms with Crippen molar-refractivity contribution in [1.29, 1.82) is 0 Å². The maximum Gasteiger partial charge on any atom is 0.415 e. The number of aliphatic hydroxyl groups is 1. The summed E-state index contributed by atoms with van der Waals surface area (Å²) in [4.78, 5) is 27.6. The second-order valence-corrected chi connectivity index (χ2v) is 10.5. The smallest absolute Gasteiger partial charge is 0.410 e. The van der Waals surface area contributed by atoms with Gasteiger partial charge in [0.15, 0.2) is 0 Å². The van der Waals surface area contributed by atoms with Gasteiger partial charge in [-0.1, -0.05) is 85.6 Å². The first kappa shape index (κ1) is 26.8. The van der Waals surface area contributed by atoms with Crippen LogP contribution in [-0.4, -0.2) is 40.8 Å². The molecular weight excluding hydrogens is 490 g/mol. The van der Waals surface area contributed by atoms with Crippen LogP contribution in [0.3, 0.4) is 0 Å². The number of benzene rings is 3. The lowest BCUT2D eigenvalue weighted by Gasteiger charge is -2.33. The number of ether oxygens (including phenoxy) is 1. The van der Waals surface area contributed by atoms with Gasteiger partial charge in [0.2, 0.25) is 0 Å². The fourth-order valence-corrected chi connectivity index (χ4v) is 5.43. The van der Waals surface area contributed by atoms with Gasteiger partial charge in [-0.3, -0.25) is 0 Å². The summed E-state index contributed by atoms with van der Waals surface area (Å²) in [7, 11) is 0. The highest BCUT2D eigenvalue weighted by molar-refractivity contribution is 5.75. The van der Waals surface area contributed by atoms with Crippen molar-refractivity contribution in [2.45, 2.75) is 69.1 Å². The van der Waals surface area contributed by atoms with E-state index in [4.69, 9.17) is 4.74 Å². The maximum atomic E-state index is 12.9. The monoisotopic (exact) mass is 527 g/mol. The molecule has 0 saturated heterocycles. The van der Waals surface area contributed by atoms with Crippen molar-refractivity contribution in [2.75, 3.05) is 6.61 Å². The lowest BCUT2D eigenvalue weighted by molar-refractivity contribution is 0.146. The molecule has 5 rings (SSSR count). The lowest BCUT2D eigenvalue weighted by Crippen LogP contribution is -2.47. The highest BCUT2D eigenvalue weighted by atomic mass is 16.6. The van der Waals surface area contributed by atoms with Crippen LogP contribution in [0.1, 0.15) is 67.2 Å². The average molecular weight is 528 g/mol. The predicted molar refractivity (Wildman–Crippen MR) is 150 cm³/mol. The summed E-state index contributed by atoms with van der Waals surface area (Å²) < 4.78 is 5.61. The molecule has 3 N–H and O–H groups in total. The van der Waals surface area contributed by atoms with Crippen molar-refractivity contribution in [3.05, 3.63) is 102 Å². The molecule has 0 aromatic heterocycles.